The number of hydrogen-bond donors (Lipinski definition) is 1. The van der Waals surface area contributed by atoms with E-state index in [-0.39, 0.29) is 0 Å². The minimum absolute atomic E-state index is 0.360. The van der Waals surface area contributed by atoms with Crippen molar-refractivity contribution in [1.29, 1.82) is 5.26 Å². The quantitative estimate of drug-likeness (QED) is 0.636. The maximum atomic E-state index is 13.8. The van der Waals surface area contributed by atoms with Gasteiger partial charge in [-0.1, -0.05) is 51.1 Å². The third kappa shape index (κ3) is 3.83. The van der Waals surface area contributed by atoms with Gasteiger partial charge in [0, 0.05) is 28.9 Å². The fourth-order valence-corrected chi connectivity index (χ4v) is 3.50. The Labute approximate surface area is 177 Å². The fraction of sp³-hybridized carbons (Fsp3) is 0.320. The van der Waals surface area contributed by atoms with Crippen LogP contribution in [0.15, 0.2) is 61.1 Å². The number of benzene rings is 1. The highest BCUT2D eigenvalue weighted by Gasteiger charge is 2.45. The Morgan fingerprint density at radius 1 is 0.867 bits per heavy atom. The molecule has 2 aromatic heterocycles. The summed E-state index contributed by atoms with van der Waals surface area (Å²) in [5.74, 6) is -0.507. The molecule has 0 saturated carbocycles. The van der Waals surface area contributed by atoms with Gasteiger partial charge in [-0.2, -0.15) is 5.26 Å². The van der Waals surface area contributed by atoms with E-state index < -0.39 is 22.2 Å². The molecule has 1 N–H and O–H groups in total. The molecule has 4 nitrogen and oxygen atoms in total. The van der Waals surface area contributed by atoms with Crippen molar-refractivity contribution >= 4 is 0 Å². The van der Waals surface area contributed by atoms with Crippen molar-refractivity contribution in [3.05, 3.63) is 83.7 Å². The standard InChI is InChI=1S/C25H26FN3O/c1-23(2,3)25(30,20-12-21(26)15-28-14-20)22-11-8-18(13-29-22)17-6-9-19(10-7-17)24(4,5)16-27/h6-15,30H,1-5H3. The van der Waals surface area contributed by atoms with Crippen molar-refractivity contribution in [1.82, 2.24) is 9.97 Å². The van der Waals surface area contributed by atoms with Crippen molar-refractivity contribution in [2.45, 2.75) is 45.6 Å². The Morgan fingerprint density at radius 2 is 1.50 bits per heavy atom. The molecule has 1 unspecified atom stereocenters. The van der Waals surface area contributed by atoms with E-state index >= 15 is 0 Å². The smallest absolute Gasteiger partial charge is 0.141 e. The third-order valence-electron chi connectivity index (χ3n) is 5.56. The summed E-state index contributed by atoms with van der Waals surface area (Å²) in [7, 11) is 0. The molecule has 3 aromatic rings. The first-order chi connectivity index (χ1) is 14.0. The molecule has 0 aliphatic carbocycles. The molecule has 0 aliphatic heterocycles. The lowest BCUT2D eigenvalue weighted by Crippen LogP contribution is -2.42. The zero-order chi connectivity index (χ0) is 22.2. The van der Waals surface area contributed by atoms with Crippen molar-refractivity contribution in [3.8, 4) is 17.2 Å². The number of nitriles is 1. The van der Waals surface area contributed by atoms with Crippen LogP contribution in [-0.2, 0) is 11.0 Å². The number of nitrogens with zero attached hydrogens (tertiary/aromatic N) is 3. The number of halogens is 1. The fourth-order valence-electron chi connectivity index (χ4n) is 3.50. The summed E-state index contributed by atoms with van der Waals surface area (Å²) in [5, 5.41) is 20.9. The van der Waals surface area contributed by atoms with Gasteiger partial charge in [-0.3, -0.25) is 9.97 Å². The van der Waals surface area contributed by atoms with Gasteiger partial charge in [0.15, 0.2) is 0 Å². The Morgan fingerprint density at radius 3 is 2.00 bits per heavy atom. The third-order valence-corrected chi connectivity index (χ3v) is 5.56. The molecule has 0 fully saturated rings. The number of hydrogen-bond acceptors (Lipinski definition) is 4. The van der Waals surface area contributed by atoms with E-state index in [2.05, 4.69) is 16.0 Å². The minimum atomic E-state index is -1.51. The van der Waals surface area contributed by atoms with Crippen molar-refractivity contribution in [3.63, 3.8) is 0 Å². The molecule has 0 bridgehead atoms. The van der Waals surface area contributed by atoms with Crippen LogP contribution in [0.3, 0.4) is 0 Å². The maximum absolute atomic E-state index is 13.8. The van der Waals surface area contributed by atoms with E-state index in [9.17, 15) is 14.8 Å². The summed E-state index contributed by atoms with van der Waals surface area (Å²) >= 11 is 0. The second-order valence-corrected chi connectivity index (χ2v) is 9.10. The van der Waals surface area contributed by atoms with Crippen LogP contribution in [-0.4, -0.2) is 15.1 Å². The largest absolute Gasteiger partial charge is 0.378 e. The first-order valence-electron chi connectivity index (χ1n) is 9.81. The lowest BCUT2D eigenvalue weighted by atomic mass is 9.70. The van der Waals surface area contributed by atoms with Crippen LogP contribution in [0.4, 0.5) is 4.39 Å². The molecule has 0 aliphatic rings. The Bertz CT molecular complexity index is 1080. The SMILES string of the molecule is CC(C)(C#N)c1ccc(-c2ccc(C(O)(c3cncc(F)c3)C(C)(C)C)nc2)cc1. The van der Waals surface area contributed by atoms with E-state index in [4.69, 9.17) is 0 Å². The molecule has 0 spiro atoms. The Balaban J connectivity index is 2.00. The number of aliphatic hydroxyl groups is 1. The van der Waals surface area contributed by atoms with Gasteiger partial charge in [0.05, 0.1) is 23.4 Å². The summed E-state index contributed by atoms with van der Waals surface area (Å²) in [5.41, 5.74) is 0.851. The molecule has 5 heteroatoms. The van der Waals surface area contributed by atoms with Gasteiger partial charge in [-0.25, -0.2) is 4.39 Å². The average Bonchev–Trinajstić information content (AvgIpc) is 2.72. The molecule has 0 radical (unpaired) electrons. The lowest BCUT2D eigenvalue weighted by Gasteiger charge is -2.40. The molecule has 0 amide bonds. The molecular formula is C25H26FN3O. The summed E-state index contributed by atoms with van der Waals surface area (Å²) in [6.45, 7) is 9.40. The van der Waals surface area contributed by atoms with E-state index in [1.165, 1.54) is 12.3 Å². The number of aromatic nitrogens is 2. The molecule has 3 rings (SSSR count). The van der Waals surface area contributed by atoms with Crippen molar-refractivity contribution < 1.29 is 9.50 Å². The van der Waals surface area contributed by atoms with Crippen LogP contribution in [0.5, 0.6) is 0 Å². The zero-order valence-corrected chi connectivity index (χ0v) is 17.9. The predicted octanol–water partition coefficient (Wildman–Crippen LogP) is 5.37. The average molecular weight is 404 g/mol. The van der Waals surface area contributed by atoms with Crippen LogP contribution in [0, 0.1) is 22.6 Å². The zero-order valence-electron chi connectivity index (χ0n) is 17.9. The monoisotopic (exact) mass is 403 g/mol. The summed E-state index contributed by atoms with van der Waals surface area (Å²) < 4.78 is 13.8. The van der Waals surface area contributed by atoms with Crippen LogP contribution < -0.4 is 0 Å². The van der Waals surface area contributed by atoms with Gasteiger partial charge < -0.3 is 5.11 Å². The number of rotatable bonds is 4. The highest BCUT2D eigenvalue weighted by atomic mass is 19.1. The lowest BCUT2D eigenvalue weighted by molar-refractivity contribution is -0.0300. The van der Waals surface area contributed by atoms with Gasteiger partial charge >= 0.3 is 0 Å². The molecule has 1 atom stereocenters. The second-order valence-electron chi connectivity index (χ2n) is 9.10. The number of pyridine rings is 2. The van der Waals surface area contributed by atoms with Crippen molar-refractivity contribution in [2.24, 2.45) is 5.41 Å². The van der Waals surface area contributed by atoms with E-state index in [1.54, 1.807) is 12.3 Å². The van der Waals surface area contributed by atoms with Gasteiger partial charge in [-0.05, 0) is 37.1 Å². The highest BCUT2D eigenvalue weighted by molar-refractivity contribution is 5.63. The molecule has 154 valence electrons. The molecule has 0 saturated heterocycles. The maximum Gasteiger partial charge on any atom is 0.141 e. The van der Waals surface area contributed by atoms with E-state index in [0.717, 1.165) is 22.9 Å². The van der Waals surface area contributed by atoms with Crippen LogP contribution in [0.1, 0.15) is 51.4 Å². The highest BCUT2D eigenvalue weighted by Crippen LogP contribution is 2.44. The summed E-state index contributed by atoms with van der Waals surface area (Å²) in [4.78, 5) is 8.44. The first kappa shape index (κ1) is 21.6. The first-order valence-corrected chi connectivity index (χ1v) is 9.81. The van der Waals surface area contributed by atoms with Crippen LogP contribution in [0.2, 0.25) is 0 Å². The minimum Gasteiger partial charge on any atom is -0.378 e. The summed E-state index contributed by atoms with van der Waals surface area (Å²) in [6, 6.07) is 15.0. The normalized spacial score (nSPS) is 14.1. The van der Waals surface area contributed by atoms with E-state index in [0.29, 0.717) is 11.3 Å². The van der Waals surface area contributed by atoms with Gasteiger partial charge in [0.2, 0.25) is 0 Å². The van der Waals surface area contributed by atoms with Gasteiger partial charge in [0.25, 0.3) is 0 Å². The molecule has 1 aromatic carbocycles. The van der Waals surface area contributed by atoms with E-state index in [1.807, 2.05) is 65.0 Å². The van der Waals surface area contributed by atoms with Crippen LogP contribution in [0.25, 0.3) is 11.1 Å². The Kier molecular flexibility index (Phi) is 5.49. The second kappa shape index (κ2) is 7.62. The summed E-state index contributed by atoms with van der Waals surface area (Å²) in [6.07, 6.45) is 4.28. The van der Waals surface area contributed by atoms with Gasteiger partial charge in [-0.15, -0.1) is 0 Å². The molecule has 2 heterocycles. The Hall–Kier alpha value is -3.10. The predicted molar refractivity (Wildman–Crippen MR) is 115 cm³/mol. The van der Waals surface area contributed by atoms with Gasteiger partial charge in [0.1, 0.15) is 11.4 Å². The van der Waals surface area contributed by atoms with Crippen molar-refractivity contribution in [2.75, 3.05) is 0 Å². The molecular weight excluding hydrogens is 377 g/mol. The van der Waals surface area contributed by atoms with Crippen LogP contribution >= 0.6 is 0 Å². The topological polar surface area (TPSA) is 69.8 Å². The molecule has 30 heavy (non-hydrogen) atoms.